The summed E-state index contributed by atoms with van der Waals surface area (Å²) in [4.78, 5) is 4.27. The van der Waals surface area contributed by atoms with Crippen LogP contribution in [0.3, 0.4) is 0 Å². The molecule has 4 nitrogen and oxygen atoms in total. The van der Waals surface area contributed by atoms with Crippen LogP contribution in [0, 0.1) is 6.92 Å². The van der Waals surface area contributed by atoms with E-state index in [0.29, 0.717) is 6.54 Å². The summed E-state index contributed by atoms with van der Waals surface area (Å²) >= 11 is 0. The molecule has 0 aliphatic heterocycles. The second kappa shape index (κ2) is 5.48. The molecule has 0 aliphatic carbocycles. The largest absolute Gasteiger partial charge is 0.378 e. The molecule has 0 amide bonds. The second-order valence-corrected chi connectivity index (χ2v) is 4.07. The van der Waals surface area contributed by atoms with Crippen molar-refractivity contribution in [1.82, 2.24) is 14.8 Å². The predicted molar refractivity (Wildman–Crippen MR) is 68.8 cm³/mol. The summed E-state index contributed by atoms with van der Waals surface area (Å²) in [6, 6.07) is 8.25. The van der Waals surface area contributed by atoms with Gasteiger partial charge in [-0.15, -0.1) is 0 Å². The van der Waals surface area contributed by atoms with Gasteiger partial charge in [0.05, 0.1) is 6.54 Å². The summed E-state index contributed by atoms with van der Waals surface area (Å²) in [5, 5.41) is 7.60. The zero-order valence-corrected chi connectivity index (χ0v) is 10.3. The van der Waals surface area contributed by atoms with Crippen molar-refractivity contribution in [1.29, 1.82) is 0 Å². The molecule has 1 N–H and O–H groups in total. The number of aryl methyl sites for hydroxylation is 2. The van der Waals surface area contributed by atoms with E-state index in [1.165, 1.54) is 5.56 Å². The molecule has 1 heterocycles. The molecule has 0 radical (unpaired) electrons. The smallest absolute Gasteiger partial charge is 0.146 e. The Bertz CT molecular complexity index is 476. The lowest BCUT2D eigenvalue weighted by atomic mass is 10.2. The Morgan fingerprint density at radius 1 is 1.29 bits per heavy atom. The van der Waals surface area contributed by atoms with Gasteiger partial charge in [-0.3, -0.25) is 0 Å². The number of rotatable bonds is 5. The lowest BCUT2D eigenvalue weighted by Crippen LogP contribution is -2.10. The number of benzene rings is 1. The number of hydrogen-bond donors (Lipinski definition) is 1. The van der Waals surface area contributed by atoms with Crippen LogP contribution < -0.4 is 5.32 Å². The maximum Gasteiger partial charge on any atom is 0.146 e. The van der Waals surface area contributed by atoms with E-state index < -0.39 is 0 Å². The van der Waals surface area contributed by atoms with Crippen molar-refractivity contribution < 1.29 is 0 Å². The van der Waals surface area contributed by atoms with E-state index in [2.05, 4.69) is 41.4 Å². The predicted octanol–water partition coefficient (Wildman–Crippen LogP) is 2.61. The van der Waals surface area contributed by atoms with Crippen molar-refractivity contribution in [3.8, 4) is 0 Å². The van der Waals surface area contributed by atoms with E-state index in [0.717, 1.165) is 24.5 Å². The van der Waals surface area contributed by atoms with E-state index in [4.69, 9.17) is 0 Å². The summed E-state index contributed by atoms with van der Waals surface area (Å²) in [5.74, 6) is 0.982. The average molecular weight is 230 g/mol. The van der Waals surface area contributed by atoms with Gasteiger partial charge in [0.25, 0.3) is 0 Å². The normalized spacial score (nSPS) is 10.5. The van der Waals surface area contributed by atoms with E-state index in [1.54, 1.807) is 6.33 Å². The highest BCUT2D eigenvalue weighted by Gasteiger charge is 2.03. The van der Waals surface area contributed by atoms with E-state index in [9.17, 15) is 0 Å². The summed E-state index contributed by atoms with van der Waals surface area (Å²) in [6.45, 7) is 5.87. The lowest BCUT2D eigenvalue weighted by molar-refractivity contribution is 0.574. The van der Waals surface area contributed by atoms with E-state index in [-0.39, 0.29) is 0 Å². The topological polar surface area (TPSA) is 42.7 Å². The van der Waals surface area contributed by atoms with Crippen LogP contribution in [0.25, 0.3) is 0 Å². The van der Waals surface area contributed by atoms with Gasteiger partial charge >= 0.3 is 0 Å². The number of anilines is 1. The van der Waals surface area contributed by atoms with Gasteiger partial charge in [0.1, 0.15) is 12.2 Å². The number of para-hydroxylation sites is 1. The minimum absolute atomic E-state index is 0.713. The summed E-state index contributed by atoms with van der Waals surface area (Å²) < 4.78 is 1.95. The molecular formula is C13H18N4. The highest BCUT2D eigenvalue weighted by atomic mass is 15.3. The maximum absolute atomic E-state index is 4.27. The molecule has 0 saturated heterocycles. The molecule has 2 aromatic rings. The molecule has 4 heteroatoms. The molecule has 0 atom stereocenters. The fourth-order valence-corrected chi connectivity index (χ4v) is 1.77. The van der Waals surface area contributed by atoms with Crippen LogP contribution in [0.2, 0.25) is 0 Å². The SMILES string of the molecule is CCCn1ncnc1CNc1ccccc1C. The molecule has 0 aliphatic rings. The molecule has 0 fully saturated rings. The molecular weight excluding hydrogens is 212 g/mol. The Morgan fingerprint density at radius 2 is 2.12 bits per heavy atom. The van der Waals surface area contributed by atoms with Gasteiger partial charge < -0.3 is 5.32 Å². The van der Waals surface area contributed by atoms with Crippen LogP contribution in [-0.4, -0.2) is 14.8 Å². The van der Waals surface area contributed by atoms with Crippen LogP contribution >= 0.6 is 0 Å². The van der Waals surface area contributed by atoms with E-state index in [1.807, 2.05) is 16.8 Å². The minimum Gasteiger partial charge on any atom is -0.378 e. The Balaban J connectivity index is 2.02. The van der Waals surface area contributed by atoms with Crippen LogP contribution in [0.5, 0.6) is 0 Å². The first-order chi connectivity index (χ1) is 8.31. The Hall–Kier alpha value is -1.84. The summed E-state index contributed by atoms with van der Waals surface area (Å²) in [6.07, 6.45) is 2.69. The van der Waals surface area contributed by atoms with Gasteiger partial charge in [-0.2, -0.15) is 5.10 Å². The van der Waals surface area contributed by atoms with Crippen molar-refractivity contribution in [3.05, 3.63) is 42.0 Å². The summed E-state index contributed by atoms with van der Waals surface area (Å²) in [5.41, 5.74) is 2.40. The van der Waals surface area contributed by atoms with Gasteiger partial charge in [0, 0.05) is 12.2 Å². The van der Waals surface area contributed by atoms with Gasteiger partial charge in [-0.05, 0) is 25.0 Å². The van der Waals surface area contributed by atoms with Crippen LogP contribution in [0.4, 0.5) is 5.69 Å². The molecule has 0 bridgehead atoms. The molecule has 1 aromatic carbocycles. The molecule has 0 saturated carbocycles. The molecule has 1 aromatic heterocycles. The van der Waals surface area contributed by atoms with Crippen LogP contribution in [0.1, 0.15) is 24.7 Å². The van der Waals surface area contributed by atoms with Crippen molar-refractivity contribution in [2.45, 2.75) is 33.4 Å². The number of nitrogens with zero attached hydrogens (tertiary/aromatic N) is 3. The number of nitrogens with one attached hydrogen (secondary N) is 1. The molecule has 0 unspecified atom stereocenters. The third kappa shape index (κ3) is 2.84. The monoisotopic (exact) mass is 230 g/mol. The van der Waals surface area contributed by atoms with Crippen LogP contribution in [-0.2, 0) is 13.1 Å². The van der Waals surface area contributed by atoms with Gasteiger partial charge in [0.15, 0.2) is 0 Å². The molecule has 17 heavy (non-hydrogen) atoms. The highest BCUT2D eigenvalue weighted by molar-refractivity contribution is 5.50. The molecule has 0 spiro atoms. The third-order valence-electron chi connectivity index (χ3n) is 2.71. The number of hydrogen-bond acceptors (Lipinski definition) is 3. The Labute approximate surface area is 102 Å². The number of aromatic nitrogens is 3. The van der Waals surface area contributed by atoms with Gasteiger partial charge in [0.2, 0.25) is 0 Å². The van der Waals surface area contributed by atoms with Crippen molar-refractivity contribution >= 4 is 5.69 Å². The molecule has 90 valence electrons. The van der Waals surface area contributed by atoms with Gasteiger partial charge in [-0.25, -0.2) is 9.67 Å². The standard InChI is InChI=1S/C13H18N4/c1-3-8-17-13(15-10-16-17)9-14-12-7-5-4-6-11(12)2/h4-7,10,14H,3,8-9H2,1-2H3. The average Bonchev–Trinajstić information content (AvgIpc) is 2.76. The van der Waals surface area contributed by atoms with Crippen molar-refractivity contribution in [2.75, 3.05) is 5.32 Å². The van der Waals surface area contributed by atoms with Crippen molar-refractivity contribution in [2.24, 2.45) is 0 Å². The quantitative estimate of drug-likeness (QED) is 0.858. The minimum atomic E-state index is 0.713. The van der Waals surface area contributed by atoms with Crippen LogP contribution in [0.15, 0.2) is 30.6 Å². The fourth-order valence-electron chi connectivity index (χ4n) is 1.77. The molecule has 2 rings (SSSR count). The maximum atomic E-state index is 4.27. The first-order valence-corrected chi connectivity index (χ1v) is 5.97. The first kappa shape index (κ1) is 11.6. The first-order valence-electron chi connectivity index (χ1n) is 5.97. The third-order valence-corrected chi connectivity index (χ3v) is 2.71. The summed E-state index contributed by atoms with van der Waals surface area (Å²) in [7, 11) is 0. The van der Waals surface area contributed by atoms with E-state index >= 15 is 0 Å². The zero-order chi connectivity index (χ0) is 12.1. The zero-order valence-electron chi connectivity index (χ0n) is 10.3. The fraction of sp³-hybridized carbons (Fsp3) is 0.385. The van der Waals surface area contributed by atoms with Gasteiger partial charge in [-0.1, -0.05) is 25.1 Å². The Kier molecular flexibility index (Phi) is 3.75. The Morgan fingerprint density at radius 3 is 2.88 bits per heavy atom. The highest BCUT2D eigenvalue weighted by Crippen LogP contribution is 2.13. The second-order valence-electron chi connectivity index (χ2n) is 4.07. The lowest BCUT2D eigenvalue weighted by Gasteiger charge is -2.09. The van der Waals surface area contributed by atoms with Crippen molar-refractivity contribution in [3.63, 3.8) is 0 Å².